The number of urea groups is 1. The van der Waals surface area contributed by atoms with Crippen LogP contribution in [0.5, 0.6) is 0 Å². The molecule has 0 radical (unpaired) electrons. The van der Waals surface area contributed by atoms with Gasteiger partial charge in [0.2, 0.25) is 0 Å². The van der Waals surface area contributed by atoms with Crippen LogP contribution in [0.4, 0.5) is 10.5 Å². The van der Waals surface area contributed by atoms with E-state index in [2.05, 4.69) is 17.6 Å². The van der Waals surface area contributed by atoms with Crippen LogP contribution in [0.3, 0.4) is 0 Å². The van der Waals surface area contributed by atoms with E-state index >= 15 is 0 Å². The monoisotopic (exact) mass is 304 g/mol. The average Bonchev–Trinajstić information content (AvgIpc) is 2.97. The predicted octanol–water partition coefficient (Wildman–Crippen LogP) is 1.46. The second-order valence-electron chi connectivity index (χ2n) is 5.48. The van der Waals surface area contributed by atoms with Gasteiger partial charge in [-0.25, -0.2) is 4.79 Å². The Kier molecular flexibility index (Phi) is 5.77. The summed E-state index contributed by atoms with van der Waals surface area (Å²) < 4.78 is 0. The molecule has 2 rings (SSSR count). The quantitative estimate of drug-likeness (QED) is 0.712. The van der Waals surface area contributed by atoms with Crippen molar-refractivity contribution in [3.05, 3.63) is 29.8 Å². The number of carbonyl (C=O) groups is 2. The molecular weight excluding hydrogens is 280 g/mol. The van der Waals surface area contributed by atoms with Gasteiger partial charge < -0.3 is 16.4 Å². The summed E-state index contributed by atoms with van der Waals surface area (Å²) in [7, 11) is 0. The highest BCUT2D eigenvalue weighted by Crippen LogP contribution is 2.17. The second kappa shape index (κ2) is 7.79. The zero-order valence-electron chi connectivity index (χ0n) is 13.0. The van der Waals surface area contributed by atoms with E-state index in [4.69, 9.17) is 5.73 Å². The molecule has 1 aliphatic rings. The molecule has 6 heteroatoms. The molecule has 0 aromatic heterocycles. The maximum atomic E-state index is 12.2. The summed E-state index contributed by atoms with van der Waals surface area (Å²) in [5, 5.41) is 5.71. The highest BCUT2D eigenvalue weighted by Gasteiger charge is 2.21. The normalized spacial score (nSPS) is 15.5. The van der Waals surface area contributed by atoms with Gasteiger partial charge in [0, 0.05) is 36.9 Å². The number of benzene rings is 1. The summed E-state index contributed by atoms with van der Waals surface area (Å²) in [6, 6.07) is 6.98. The molecule has 1 aliphatic heterocycles. The third-order valence-electron chi connectivity index (χ3n) is 3.82. The molecule has 0 aliphatic carbocycles. The molecule has 0 saturated carbocycles. The lowest BCUT2D eigenvalue weighted by Gasteiger charge is -2.17. The molecule has 120 valence electrons. The summed E-state index contributed by atoms with van der Waals surface area (Å²) in [5.41, 5.74) is 7.08. The highest BCUT2D eigenvalue weighted by atomic mass is 16.2. The van der Waals surface area contributed by atoms with Gasteiger partial charge >= 0.3 is 6.03 Å². The minimum Gasteiger partial charge on any atom is -0.348 e. The van der Waals surface area contributed by atoms with Crippen molar-refractivity contribution in [2.45, 2.75) is 32.2 Å². The van der Waals surface area contributed by atoms with Crippen LogP contribution in [0.25, 0.3) is 0 Å². The van der Waals surface area contributed by atoms with E-state index < -0.39 is 0 Å². The second-order valence-corrected chi connectivity index (χ2v) is 5.48. The van der Waals surface area contributed by atoms with Crippen molar-refractivity contribution in [3.63, 3.8) is 0 Å². The van der Waals surface area contributed by atoms with Crippen molar-refractivity contribution < 1.29 is 9.59 Å². The topological polar surface area (TPSA) is 87.5 Å². The Hall–Kier alpha value is -2.08. The average molecular weight is 304 g/mol. The fraction of sp³-hybridized carbons (Fsp3) is 0.500. The molecule has 1 heterocycles. The lowest BCUT2D eigenvalue weighted by atomic mass is 10.1. The van der Waals surface area contributed by atoms with Gasteiger partial charge in [-0.1, -0.05) is 19.8 Å². The first-order chi connectivity index (χ1) is 10.7. The molecule has 1 aromatic carbocycles. The van der Waals surface area contributed by atoms with Crippen LogP contribution in [-0.4, -0.2) is 37.6 Å². The number of nitrogens with two attached hydrogens (primary N) is 1. The van der Waals surface area contributed by atoms with E-state index in [1.807, 2.05) is 0 Å². The number of unbranched alkanes of at least 4 members (excludes halogenated alkanes) is 1. The summed E-state index contributed by atoms with van der Waals surface area (Å²) in [6.45, 7) is 3.85. The van der Waals surface area contributed by atoms with Crippen LogP contribution in [0, 0.1) is 0 Å². The molecular formula is C16H24N4O2. The van der Waals surface area contributed by atoms with Crippen molar-refractivity contribution in [2.75, 3.05) is 24.5 Å². The molecule has 1 unspecified atom stereocenters. The van der Waals surface area contributed by atoms with Gasteiger partial charge in [0.05, 0.1) is 0 Å². The van der Waals surface area contributed by atoms with Gasteiger partial charge in [-0.3, -0.25) is 9.69 Å². The fourth-order valence-electron chi connectivity index (χ4n) is 2.48. The van der Waals surface area contributed by atoms with Crippen LogP contribution < -0.4 is 21.3 Å². The minimum absolute atomic E-state index is 0.0106. The number of amides is 3. The molecule has 1 fully saturated rings. The van der Waals surface area contributed by atoms with Crippen LogP contribution in [0.15, 0.2) is 24.3 Å². The van der Waals surface area contributed by atoms with Crippen molar-refractivity contribution in [1.29, 1.82) is 0 Å². The van der Waals surface area contributed by atoms with Gasteiger partial charge in [0.25, 0.3) is 5.91 Å². The van der Waals surface area contributed by atoms with Crippen molar-refractivity contribution >= 4 is 17.6 Å². The van der Waals surface area contributed by atoms with Crippen LogP contribution >= 0.6 is 0 Å². The number of rotatable bonds is 7. The molecule has 0 spiro atoms. The van der Waals surface area contributed by atoms with Crippen LogP contribution in [0.1, 0.15) is 36.5 Å². The standard InChI is InChI=1S/C16H24N4O2/c1-2-3-4-13(11-17)19-15(21)12-5-7-14(8-6-12)20-10-9-18-16(20)22/h5-8,13H,2-4,9-11,17H2,1H3,(H,18,22)(H,19,21). The number of hydrogen-bond acceptors (Lipinski definition) is 3. The zero-order valence-corrected chi connectivity index (χ0v) is 13.0. The Morgan fingerprint density at radius 1 is 1.41 bits per heavy atom. The fourth-order valence-corrected chi connectivity index (χ4v) is 2.48. The number of nitrogens with zero attached hydrogens (tertiary/aromatic N) is 1. The minimum atomic E-state index is -0.121. The Balaban J connectivity index is 1.97. The third-order valence-corrected chi connectivity index (χ3v) is 3.82. The predicted molar refractivity (Wildman–Crippen MR) is 87.0 cm³/mol. The van der Waals surface area contributed by atoms with Crippen molar-refractivity contribution in [3.8, 4) is 0 Å². The summed E-state index contributed by atoms with van der Waals surface area (Å²) >= 11 is 0. The Morgan fingerprint density at radius 3 is 2.68 bits per heavy atom. The van der Waals surface area contributed by atoms with E-state index in [1.165, 1.54) is 0 Å². The molecule has 0 bridgehead atoms. The van der Waals surface area contributed by atoms with E-state index in [-0.39, 0.29) is 18.0 Å². The first kappa shape index (κ1) is 16.3. The first-order valence-corrected chi connectivity index (χ1v) is 7.82. The van der Waals surface area contributed by atoms with Crippen LogP contribution in [-0.2, 0) is 0 Å². The van der Waals surface area contributed by atoms with Gasteiger partial charge in [-0.15, -0.1) is 0 Å². The number of anilines is 1. The molecule has 3 amide bonds. The smallest absolute Gasteiger partial charge is 0.321 e. The maximum absolute atomic E-state index is 12.2. The van der Waals surface area contributed by atoms with E-state index in [9.17, 15) is 9.59 Å². The molecule has 22 heavy (non-hydrogen) atoms. The SMILES string of the molecule is CCCCC(CN)NC(=O)c1ccc(N2CCNC2=O)cc1. The Morgan fingerprint density at radius 2 is 2.14 bits per heavy atom. The maximum Gasteiger partial charge on any atom is 0.321 e. The third kappa shape index (κ3) is 3.98. The lowest BCUT2D eigenvalue weighted by molar-refractivity contribution is 0.0936. The van der Waals surface area contributed by atoms with Crippen LogP contribution in [0.2, 0.25) is 0 Å². The Labute approximate surface area is 131 Å². The zero-order chi connectivity index (χ0) is 15.9. The van der Waals surface area contributed by atoms with Crippen molar-refractivity contribution in [2.24, 2.45) is 5.73 Å². The number of nitrogens with one attached hydrogen (secondary N) is 2. The Bertz CT molecular complexity index is 515. The van der Waals surface area contributed by atoms with E-state index in [0.29, 0.717) is 25.2 Å². The van der Waals surface area contributed by atoms with E-state index in [1.54, 1.807) is 29.2 Å². The summed E-state index contributed by atoms with van der Waals surface area (Å²) in [4.78, 5) is 25.5. The van der Waals surface area contributed by atoms with E-state index in [0.717, 1.165) is 24.9 Å². The van der Waals surface area contributed by atoms with Gasteiger partial charge in [-0.05, 0) is 30.7 Å². The summed E-state index contributed by atoms with van der Waals surface area (Å²) in [5.74, 6) is -0.121. The van der Waals surface area contributed by atoms with Crippen molar-refractivity contribution in [1.82, 2.24) is 10.6 Å². The highest BCUT2D eigenvalue weighted by molar-refractivity contribution is 5.97. The molecule has 1 saturated heterocycles. The van der Waals surface area contributed by atoms with Gasteiger partial charge in [0.15, 0.2) is 0 Å². The molecule has 6 nitrogen and oxygen atoms in total. The molecule has 1 aromatic rings. The summed E-state index contributed by atoms with van der Waals surface area (Å²) in [6.07, 6.45) is 3.02. The number of hydrogen-bond donors (Lipinski definition) is 3. The van der Waals surface area contributed by atoms with Gasteiger partial charge in [0.1, 0.15) is 0 Å². The molecule has 1 atom stereocenters. The number of carbonyl (C=O) groups excluding carboxylic acids is 2. The molecule has 4 N–H and O–H groups in total. The van der Waals surface area contributed by atoms with Gasteiger partial charge in [-0.2, -0.15) is 0 Å². The lowest BCUT2D eigenvalue weighted by Crippen LogP contribution is -2.40. The largest absolute Gasteiger partial charge is 0.348 e. The first-order valence-electron chi connectivity index (χ1n) is 7.82.